The number of pyridine rings is 1. The Morgan fingerprint density at radius 2 is 0.827 bits per heavy atom. The van der Waals surface area contributed by atoms with Gasteiger partial charge in [-0.15, -0.1) is 0 Å². The van der Waals surface area contributed by atoms with E-state index in [1.807, 2.05) is 36.5 Å². The van der Waals surface area contributed by atoms with E-state index in [1.165, 1.54) is 47.1 Å². The number of hydrogen-bond acceptors (Lipinski definition) is 4. The first-order valence-corrected chi connectivity index (χ1v) is 18.3. The van der Waals surface area contributed by atoms with Gasteiger partial charge in [0.2, 0.25) is 0 Å². The minimum Gasteiger partial charge on any atom is -0.256 e. The van der Waals surface area contributed by atoms with E-state index < -0.39 is 0 Å². The summed E-state index contributed by atoms with van der Waals surface area (Å²) in [6, 6.07) is 57.9. The average Bonchev–Trinajstić information content (AvgIpc) is 3.24. The summed E-state index contributed by atoms with van der Waals surface area (Å²) in [4.78, 5) is 19.7. The van der Waals surface area contributed by atoms with Crippen LogP contribution in [0, 0.1) is 0 Å². The van der Waals surface area contributed by atoms with Crippen LogP contribution in [0.3, 0.4) is 0 Å². The first-order chi connectivity index (χ1) is 25.7. The molecule has 52 heavy (non-hydrogen) atoms. The Balaban J connectivity index is 1.07. The van der Waals surface area contributed by atoms with E-state index >= 15 is 0 Å². The van der Waals surface area contributed by atoms with Crippen LogP contribution < -0.4 is 0 Å². The highest BCUT2D eigenvalue weighted by molar-refractivity contribution is 5.93. The molecule has 4 heteroatoms. The van der Waals surface area contributed by atoms with E-state index in [2.05, 4.69) is 133 Å². The molecular weight excluding hydrogens is 633 g/mol. The molecule has 4 nitrogen and oxygen atoms in total. The number of aromatic nitrogens is 4. The molecule has 1 aliphatic carbocycles. The zero-order valence-corrected chi connectivity index (χ0v) is 29.0. The number of para-hydroxylation sites is 1. The van der Waals surface area contributed by atoms with Crippen LogP contribution in [-0.2, 0) is 5.41 Å². The van der Waals surface area contributed by atoms with Crippen molar-refractivity contribution in [2.75, 3.05) is 0 Å². The molecule has 8 aromatic rings. The quantitative estimate of drug-likeness (QED) is 0.169. The second kappa shape index (κ2) is 13.8. The average molecular weight is 671 g/mol. The Bertz CT molecular complexity index is 2440. The molecule has 0 saturated heterocycles. The fourth-order valence-electron chi connectivity index (χ4n) is 7.94. The Morgan fingerprint density at radius 1 is 0.365 bits per heavy atom. The lowest BCUT2D eigenvalue weighted by molar-refractivity contribution is 0.346. The third kappa shape index (κ3) is 6.07. The third-order valence-electron chi connectivity index (χ3n) is 10.7. The largest absolute Gasteiger partial charge is 0.256 e. The second-order valence-corrected chi connectivity index (χ2v) is 13.8. The highest BCUT2D eigenvalue weighted by Gasteiger charge is 2.35. The molecule has 0 unspecified atom stereocenters. The van der Waals surface area contributed by atoms with Crippen molar-refractivity contribution in [3.05, 3.63) is 181 Å². The van der Waals surface area contributed by atoms with Gasteiger partial charge >= 0.3 is 0 Å². The topological polar surface area (TPSA) is 51.6 Å². The van der Waals surface area contributed by atoms with Crippen molar-refractivity contribution in [2.45, 2.75) is 37.5 Å². The van der Waals surface area contributed by atoms with Gasteiger partial charge in [0, 0.05) is 39.3 Å². The molecule has 2 aromatic heterocycles. The molecular formula is C48H38N4. The lowest BCUT2D eigenvalue weighted by Gasteiger charge is -2.39. The van der Waals surface area contributed by atoms with Gasteiger partial charge in [0.15, 0.2) is 17.5 Å². The Kier molecular flexibility index (Phi) is 8.42. The highest BCUT2D eigenvalue weighted by Crippen LogP contribution is 2.46. The summed E-state index contributed by atoms with van der Waals surface area (Å²) < 4.78 is 0. The van der Waals surface area contributed by atoms with Crippen LogP contribution in [0.25, 0.3) is 67.3 Å². The number of fused-ring (bicyclic) bond motifs is 1. The molecule has 0 atom stereocenters. The van der Waals surface area contributed by atoms with Crippen LogP contribution >= 0.6 is 0 Å². The van der Waals surface area contributed by atoms with Gasteiger partial charge in [-0.05, 0) is 46.7 Å². The summed E-state index contributed by atoms with van der Waals surface area (Å²) in [5.74, 6) is 2.01. The van der Waals surface area contributed by atoms with Crippen LogP contribution in [-0.4, -0.2) is 19.9 Å². The highest BCUT2D eigenvalue weighted by atomic mass is 15.0. The Morgan fingerprint density at radius 3 is 1.42 bits per heavy atom. The maximum Gasteiger partial charge on any atom is 0.164 e. The first kappa shape index (κ1) is 31.7. The fraction of sp³-hybridized carbons (Fsp3) is 0.125. The van der Waals surface area contributed by atoms with Crippen molar-refractivity contribution >= 4 is 10.9 Å². The van der Waals surface area contributed by atoms with E-state index in [0.717, 1.165) is 46.0 Å². The van der Waals surface area contributed by atoms with E-state index in [-0.39, 0.29) is 5.41 Å². The molecule has 0 aliphatic heterocycles. The summed E-state index contributed by atoms with van der Waals surface area (Å²) >= 11 is 0. The van der Waals surface area contributed by atoms with Crippen molar-refractivity contribution in [3.8, 4) is 56.4 Å². The zero-order valence-electron chi connectivity index (χ0n) is 29.0. The predicted molar refractivity (Wildman–Crippen MR) is 213 cm³/mol. The van der Waals surface area contributed by atoms with Gasteiger partial charge in [0.1, 0.15) is 0 Å². The summed E-state index contributed by atoms with van der Waals surface area (Å²) in [6.07, 6.45) is 7.86. The van der Waals surface area contributed by atoms with Gasteiger partial charge in [-0.2, -0.15) is 0 Å². The van der Waals surface area contributed by atoms with Gasteiger partial charge in [0.05, 0.1) is 5.52 Å². The van der Waals surface area contributed by atoms with Gasteiger partial charge in [-0.1, -0.05) is 177 Å². The molecule has 0 amide bonds. The minimum atomic E-state index is -0.0354. The molecule has 9 rings (SSSR count). The lowest BCUT2D eigenvalue weighted by atomic mass is 9.65. The Labute approximate surface area is 305 Å². The normalized spacial score (nSPS) is 13.9. The molecule has 0 spiro atoms. The van der Waals surface area contributed by atoms with E-state index in [9.17, 15) is 0 Å². The number of rotatable bonds is 7. The second-order valence-electron chi connectivity index (χ2n) is 13.8. The summed E-state index contributed by atoms with van der Waals surface area (Å²) in [6.45, 7) is 0. The van der Waals surface area contributed by atoms with Crippen LogP contribution in [0.15, 0.2) is 170 Å². The van der Waals surface area contributed by atoms with Crippen LogP contribution in [0.1, 0.15) is 43.2 Å². The van der Waals surface area contributed by atoms with Gasteiger partial charge in [-0.3, -0.25) is 4.98 Å². The van der Waals surface area contributed by atoms with Crippen molar-refractivity contribution in [2.24, 2.45) is 0 Å². The van der Waals surface area contributed by atoms with Crippen LogP contribution in [0.5, 0.6) is 0 Å². The van der Waals surface area contributed by atoms with Crippen molar-refractivity contribution < 1.29 is 0 Å². The summed E-state index contributed by atoms with van der Waals surface area (Å²) in [5, 5.41) is 1.16. The van der Waals surface area contributed by atoms with Crippen molar-refractivity contribution in [1.29, 1.82) is 0 Å². The van der Waals surface area contributed by atoms with Gasteiger partial charge < -0.3 is 0 Å². The Hall–Kier alpha value is -6.26. The third-order valence-corrected chi connectivity index (χ3v) is 10.7. The van der Waals surface area contributed by atoms with Crippen LogP contribution in [0.2, 0.25) is 0 Å². The van der Waals surface area contributed by atoms with E-state index in [0.29, 0.717) is 17.5 Å². The molecule has 1 aliphatic rings. The molecule has 0 N–H and O–H groups in total. The first-order valence-electron chi connectivity index (χ1n) is 18.3. The van der Waals surface area contributed by atoms with Crippen molar-refractivity contribution in [1.82, 2.24) is 19.9 Å². The van der Waals surface area contributed by atoms with Crippen molar-refractivity contribution in [3.63, 3.8) is 0 Å². The molecule has 0 radical (unpaired) electrons. The maximum atomic E-state index is 5.05. The standard InChI is InChI=1S/C48H38N4/c1-4-12-34(13-5-1)35-19-21-39(22-20-35)46-50-45(38-14-6-2-7-15-38)51-47(52-46)40-25-29-42(30-26-40)48(31-8-3-9-32-48)41-27-23-36(24-28-41)43-18-10-16-37-17-11-33-49-44(37)43/h1-2,4-7,10-30,33H,3,8-9,31-32H2. The van der Waals surface area contributed by atoms with Gasteiger partial charge in [-0.25, -0.2) is 15.0 Å². The lowest BCUT2D eigenvalue weighted by Crippen LogP contribution is -2.30. The van der Waals surface area contributed by atoms with E-state index in [1.54, 1.807) is 0 Å². The summed E-state index contributed by atoms with van der Waals surface area (Å²) in [7, 11) is 0. The minimum absolute atomic E-state index is 0.0354. The van der Waals surface area contributed by atoms with Gasteiger partial charge in [0.25, 0.3) is 0 Å². The molecule has 2 heterocycles. The number of benzene rings is 6. The maximum absolute atomic E-state index is 5.05. The monoisotopic (exact) mass is 670 g/mol. The van der Waals surface area contributed by atoms with Crippen LogP contribution in [0.4, 0.5) is 0 Å². The molecule has 250 valence electrons. The molecule has 6 aromatic carbocycles. The van der Waals surface area contributed by atoms with E-state index in [4.69, 9.17) is 19.9 Å². The molecule has 1 saturated carbocycles. The number of nitrogens with zero attached hydrogens (tertiary/aromatic N) is 4. The smallest absolute Gasteiger partial charge is 0.164 e. The summed E-state index contributed by atoms with van der Waals surface area (Å²) in [5.41, 5.74) is 11.4. The SMILES string of the molecule is c1ccc(-c2ccc(-c3nc(-c4ccccc4)nc(-c4ccc(C5(c6ccc(-c7cccc8cccnc78)cc6)CCCCC5)cc4)n3)cc2)cc1. The number of hydrogen-bond donors (Lipinski definition) is 0. The molecule has 0 bridgehead atoms. The molecule has 1 fully saturated rings. The predicted octanol–water partition coefficient (Wildman–Crippen LogP) is 12.0. The zero-order chi connectivity index (χ0) is 34.7. The fourth-order valence-corrected chi connectivity index (χ4v) is 7.94.